The summed E-state index contributed by atoms with van der Waals surface area (Å²) in [5, 5.41) is 11.8. The Morgan fingerprint density at radius 3 is 2.88 bits per heavy atom. The summed E-state index contributed by atoms with van der Waals surface area (Å²) in [5.41, 5.74) is 5.04. The largest absolute Gasteiger partial charge is 0.478 e. The van der Waals surface area contributed by atoms with Gasteiger partial charge in [0.05, 0.1) is 36.2 Å². The van der Waals surface area contributed by atoms with Gasteiger partial charge in [-0.15, -0.1) is 5.10 Å². The number of methoxy groups -OCH3 is 1. The maximum atomic E-state index is 13.7. The normalized spacial score (nSPS) is 21.5. The fraction of sp³-hybridized carbons (Fsp3) is 0.467. The van der Waals surface area contributed by atoms with Crippen LogP contribution in [0.1, 0.15) is 31.7 Å². The second-order valence-corrected chi connectivity index (χ2v) is 11.3. The Labute approximate surface area is 240 Å². The molecule has 2 aliphatic rings. The lowest BCUT2D eigenvalue weighted by Gasteiger charge is -2.32. The van der Waals surface area contributed by atoms with E-state index in [4.69, 9.17) is 9.72 Å². The number of aromatic nitrogens is 5. The number of rotatable bonds is 8. The first-order chi connectivity index (χ1) is 19.9. The van der Waals surface area contributed by atoms with Crippen LogP contribution in [-0.2, 0) is 11.8 Å². The maximum Gasteiger partial charge on any atom is 0.256 e. The highest BCUT2D eigenvalue weighted by Gasteiger charge is 2.41. The van der Waals surface area contributed by atoms with Crippen molar-refractivity contribution in [1.82, 2.24) is 34.5 Å². The molecular formula is C30H39N9O2. The molecule has 3 aromatic heterocycles. The fourth-order valence-electron chi connectivity index (χ4n) is 6.58. The SMILES string of the molecule is CCC1CN(C)CC1N1CCC[C@@H]1C(=O)Nc1cccc2c(-c3nc(Nc4cn(C)nc4OC)ncc3C)c[nH]c12. The van der Waals surface area contributed by atoms with Crippen molar-refractivity contribution in [3.63, 3.8) is 0 Å². The van der Waals surface area contributed by atoms with Crippen molar-refractivity contribution in [2.24, 2.45) is 13.0 Å². The minimum absolute atomic E-state index is 0.0747. The number of anilines is 3. The zero-order chi connectivity index (χ0) is 28.7. The van der Waals surface area contributed by atoms with E-state index < -0.39 is 0 Å². The summed E-state index contributed by atoms with van der Waals surface area (Å²) in [4.78, 5) is 31.3. The first kappa shape index (κ1) is 27.2. The van der Waals surface area contributed by atoms with E-state index in [2.05, 4.69) is 55.5 Å². The van der Waals surface area contributed by atoms with Crippen molar-refractivity contribution in [2.75, 3.05) is 44.4 Å². The van der Waals surface area contributed by atoms with Gasteiger partial charge in [-0.1, -0.05) is 25.5 Å². The maximum absolute atomic E-state index is 13.7. The standard InChI is InChI=1S/C30H39N9O2/c1-6-19-15-37(3)17-25(19)39-12-8-11-24(39)28(40)33-22-10-7-9-20-21(14-31-27(20)22)26-18(2)13-32-30(35-26)34-23-16-38(4)36-29(23)41-5/h7,9-10,13-14,16,19,24-25,31H,6,8,11-12,15,17H2,1-5H3,(H,33,40)(H,32,34,35)/t19?,24-,25?/m1/s1. The summed E-state index contributed by atoms with van der Waals surface area (Å²) in [5.74, 6) is 1.60. The van der Waals surface area contributed by atoms with E-state index in [0.29, 0.717) is 29.5 Å². The van der Waals surface area contributed by atoms with Crippen LogP contribution >= 0.6 is 0 Å². The molecule has 0 saturated carbocycles. The van der Waals surface area contributed by atoms with Gasteiger partial charge in [-0.3, -0.25) is 14.4 Å². The van der Waals surface area contributed by atoms with Crippen molar-refractivity contribution >= 4 is 34.1 Å². The van der Waals surface area contributed by atoms with Crippen molar-refractivity contribution in [1.29, 1.82) is 0 Å². The van der Waals surface area contributed by atoms with Crippen LogP contribution in [0.5, 0.6) is 5.88 Å². The van der Waals surface area contributed by atoms with Gasteiger partial charge in [0.1, 0.15) is 5.69 Å². The van der Waals surface area contributed by atoms with Crippen LogP contribution in [0.15, 0.2) is 36.8 Å². The van der Waals surface area contributed by atoms with Crippen LogP contribution in [0.4, 0.5) is 17.3 Å². The Morgan fingerprint density at radius 2 is 2.07 bits per heavy atom. The second-order valence-electron chi connectivity index (χ2n) is 11.3. The van der Waals surface area contributed by atoms with Crippen molar-refractivity contribution < 1.29 is 9.53 Å². The number of likely N-dealkylation sites (N-methyl/N-ethyl adjacent to an activating group) is 1. The molecule has 0 radical (unpaired) electrons. The molecule has 11 nitrogen and oxygen atoms in total. The van der Waals surface area contributed by atoms with Gasteiger partial charge in [-0.2, -0.15) is 0 Å². The third kappa shape index (κ3) is 5.15. The Hall–Kier alpha value is -3.96. The number of benzene rings is 1. The minimum atomic E-state index is -0.104. The molecule has 1 amide bonds. The molecule has 0 bridgehead atoms. The van der Waals surface area contributed by atoms with Gasteiger partial charge in [0.25, 0.3) is 5.88 Å². The van der Waals surface area contributed by atoms with Crippen molar-refractivity contribution in [3.05, 3.63) is 42.4 Å². The number of fused-ring (bicyclic) bond motifs is 1. The fourth-order valence-corrected chi connectivity index (χ4v) is 6.58. The number of H-pyrrole nitrogens is 1. The quantitative estimate of drug-likeness (QED) is 0.296. The van der Waals surface area contributed by atoms with E-state index in [0.717, 1.165) is 72.3 Å². The monoisotopic (exact) mass is 557 g/mol. The third-order valence-electron chi connectivity index (χ3n) is 8.57. The zero-order valence-electron chi connectivity index (χ0n) is 24.4. The van der Waals surface area contributed by atoms with Gasteiger partial charge in [-0.25, -0.2) is 9.97 Å². The average Bonchev–Trinajstić information content (AvgIpc) is 3.75. The number of aryl methyl sites for hydroxylation is 2. The Morgan fingerprint density at radius 1 is 1.22 bits per heavy atom. The molecule has 2 saturated heterocycles. The van der Waals surface area contributed by atoms with Crippen LogP contribution in [-0.4, -0.2) is 86.3 Å². The number of ether oxygens (including phenoxy) is 1. The van der Waals surface area contributed by atoms with E-state index in [1.54, 1.807) is 18.0 Å². The smallest absolute Gasteiger partial charge is 0.256 e. The molecule has 2 fully saturated rings. The van der Waals surface area contributed by atoms with Gasteiger partial charge in [-0.05, 0) is 50.9 Å². The van der Waals surface area contributed by atoms with Gasteiger partial charge in [0, 0.05) is 49.5 Å². The van der Waals surface area contributed by atoms with Gasteiger partial charge in [0.15, 0.2) is 0 Å². The molecule has 11 heteroatoms. The lowest BCUT2D eigenvalue weighted by Crippen LogP contribution is -2.48. The molecule has 2 aliphatic heterocycles. The van der Waals surface area contributed by atoms with Gasteiger partial charge >= 0.3 is 0 Å². The topological polar surface area (TPSA) is 116 Å². The second kappa shape index (κ2) is 11.1. The van der Waals surface area contributed by atoms with Crippen molar-refractivity contribution in [2.45, 2.75) is 45.2 Å². The molecule has 216 valence electrons. The number of hydrogen-bond donors (Lipinski definition) is 3. The summed E-state index contributed by atoms with van der Waals surface area (Å²) >= 11 is 0. The number of hydrogen-bond acceptors (Lipinski definition) is 8. The van der Waals surface area contributed by atoms with E-state index in [9.17, 15) is 4.79 Å². The molecule has 5 heterocycles. The van der Waals surface area contributed by atoms with E-state index >= 15 is 0 Å². The van der Waals surface area contributed by atoms with Crippen molar-refractivity contribution in [3.8, 4) is 17.1 Å². The molecule has 0 spiro atoms. The molecule has 1 aromatic carbocycles. The molecular weight excluding hydrogens is 518 g/mol. The lowest BCUT2D eigenvalue weighted by molar-refractivity contribution is -0.121. The summed E-state index contributed by atoms with van der Waals surface area (Å²) in [6, 6.07) is 6.33. The van der Waals surface area contributed by atoms with Crippen LogP contribution in [0.3, 0.4) is 0 Å². The van der Waals surface area contributed by atoms with Gasteiger partial charge < -0.3 is 25.3 Å². The first-order valence-corrected chi connectivity index (χ1v) is 14.4. The summed E-state index contributed by atoms with van der Waals surface area (Å²) in [7, 11) is 5.60. The third-order valence-corrected chi connectivity index (χ3v) is 8.57. The molecule has 3 N–H and O–H groups in total. The van der Waals surface area contributed by atoms with Gasteiger partial charge in [0.2, 0.25) is 11.9 Å². The molecule has 0 aliphatic carbocycles. The summed E-state index contributed by atoms with van der Waals surface area (Å²) in [6.07, 6.45) is 8.66. The average molecular weight is 558 g/mol. The molecule has 2 unspecified atom stereocenters. The highest BCUT2D eigenvalue weighted by Crippen LogP contribution is 2.35. The van der Waals surface area contributed by atoms with E-state index in [-0.39, 0.29) is 11.9 Å². The van der Waals surface area contributed by atoms with E-state index in [1.165, 1.54) is 0 Å². The minimum Gasteiger partial charge on any atom is -0.478 e. The Bertz CT molecular complexity index is 1560. The molecule has 6 rings (SSSR count). The number of para-hydroxylation sites is 1. The number of nitrogens with one attached hydrogen (secondary N) is 3. The van der Waals surface area contributed by atoms with Crippen LogP contribution < -0.4 is 15.4 Å². The number of amides is 1. The number of carbonyl (C=O) groups is 1. The van der Waals surface area contributed by atoms with Crippen LogP contribution in [0.25, 0.3) is 22.2 Å². The predicted octanol–water partition coefficient (Wildman–Crippen LogP) is 4.16. The number of carbonyl (C=O) groups excluding carboxylic acids is 1. The molecule has 3 atom stereocenters. The summed E-state index contributed by atoms with van der Waals surface area (Å²) in [6.45, 7) is 7.37. The predicted molar refractivity (Wildman–Crippen MR) is 161 cm³/mol. The highest BCUT2D eigenvalue weighted by molar-refractivity contribution is 6.06. The number of aromatic amines is 1. The number of likely N-dealkylation sites (tertiary alicyclic amines) is 2. The Kier molecular flexibility index (Phi) is 7.39. The van der Waals surface area contributed by atoms with Crippen LogP contribution in [0, 0.1) is 12.8 Å². The highest BCUT2D eigenvalue weighted by atomic mass is 16.5. The number of nitrogens with zero attached hydrogens (tertiary/aromatic N) is 6. The molecule has 4 aromatic rings. The zero-order valence-corrected chi connectivity index (χ0v) is 24.4. The summed E-state index contributed by atoms with van der Waals surface area (Å²) < 4.78 is 7.03. The lowest BCUT2D eigenvalue weighted by atomic mass is 9.98. The Balaban J connectivity index is 1.25. The van der Waals surface area contributed by atoms with Crippen LogP contribution in [0.2, 0.25) is 0 Å². The van der Waals surface area contributed by atoms with E-state index in [1.807, 2.05) is 38.5 Å². The molecule has 41 heavy (non-hydrogen) atoms. The first-order valence-electron chi connectivity index (χ1n) is 14.4.